The summed E-state index contributed by atoms with van der Waals surface area (Å²) in [6, 6.07) is 5.59. The van der Waals surface area contributed by atoms with Gasteiger partial charge in [0.15, 0.2) is 0 Å². The minimum atomic E-state index is 0.157. The molecule has 1 fully saturated rings. The van der Waals surface area contributed by atoms with Crippen molar-refractivity contribution in [3.8, 4) is 11.5 Å². The van der Waals surface area contributed by atoms with Crippen LogP contribution < -0.4 is 10.1 Å². The first-order chi connectivity index (χ1) is 9.61. The highest BCUT2D eigenvalue weighted by Crippen LogP contribution is 2.35. The zero-order chi connectivity index (χ0) is 14.5. The van der Waals surface area contributed by atoms with E-state index in [9.17, 15) is 5.11 Å². The second kappa shape index (κ2) is 6.77. The SMILES string of the molecule is C=C(C)C[C@@H](c1cc(OC)ccc1O)N1CCNCC1. The highest BCUT2D eigenvalue weighted by molar-refractivity contribution is 5.41. The molecule has 0 amide bonds. The average molecular weight is 276 g/mol. The lowest BCUT2D eigenvalue weighted by molar-refractivity contribution is 0.169. The van der Waals surface area contributed by atoms with Gasteiger partial charge in [-0.25, -0.2) is 0 Å². The summed E-state index contributed by atoms with van der Waals surface area (Å²) < 4.78 is 5.29. The molecule has 0 radical (unpaired) electrons. The van der Waals surface area contributed by atoms with Crippen molar-refractivity contribution in [1.82, 2.24) is 10.2 Å². The number of benzene rings is 1. The van der Waals surface area contributed by atoms with E-state index in [0.717, 1.165) is 49.5 Å². The molecule has 0 bridgehead atoms. The lowest BCUT2D eigenvalue weighted by atomic mass is 9.97. The Balaban J connectivity index is 2.31. The summed E-state index contributed by atoms with van der Waals surface area (Å²) in [5.41, 5.74) is 2.05. The van der Waals surface area contributed by atoms with Gasteiger partial charge in [0.25, 0.3) is 0 Å². The first-order valence-corrected chi connectivity index (χ1v) is 7.08. The van der Waals surface area contributed by atoms with Gasteiger partial charge in [-0.15, -0.1) is 6.58 Å². The smallest absolute Gasteiger partial charge is 0.120 e. The average Bonchev–Trinajstić information content (AvgIpc) is 2.46. The molecule has 4 heteroatoms. The fourth-order valence-corrected chi connectivity index (χ4v) is 2.69. The van der Waals surface area contributed by atoms with Gasteiger partial charge < -0.3 is 15.2 Å². The van der Waals surface area contributed by atoms with Gasteiger partial charge in [-0.1, -0.05) is 5.57 Å². The maximum atomic E-state index is 10.2. The third-order valence-corrected chi connectivity index (χ3v) is 3.73. The third kappa shape index (κ3) is 3.52. The van der Waals surface area contributed by atoms with Crippen LogP contribution in [0.25, 0.3) is 0 Å². The number of hydrogen-bond donors (Lipinski definition) is 2. The molecule has 110 valence electrons. The van der Waals surface area contributed by atoms with E-state index >= 15 is 0 Å². The molecule has 0 saturated carbocycles. The van der Waals surface area contributed by atoms with Crippen LogP contribution in [-0.2, 0) is 0 Å². The van der Waals surface area contributed by atoms with Crippen LogP contribution in [0.4, 0.5) is 0 Å². The van der Waals surface area contributed by atoms with E-state index < -0.39 is 0 Å². The van der Waals surface area contributed by atoms with E-state index in [1.165, 1.54) is 0 Å². The molecule has 1 saturated heterocycles. The molecule has 0 unspecified atom stereocenters. The summed E-state index contributed by atoms with van der Waals surface area (Å²) in [5, 5.41) is 13.6. The van der Waals surface area contributed by atoms with E-state index in [1.54, 1.807) is 19.2 Å². The van der Waals surface area contributed by atoms with Gasteiger partial charge in [-0.05, 0) is 31.5 Å². The van der Waals surface area contributed by atoms with E-state index in [2.05, 4.69) is 16.8 Å². The van der Waals surface area contributed by atoms with Crippen LogP contribution in [0.3, 0.4) is 0 Å². The maximum absolute atomic E-state index is 10.2. The van der Waals surface area contributed by atoms with Crippen LogP contribution in [0.15, 0.2) is 30.4 Å². The number of nitrogens with zero attached hydrogens (tertiary/aromatic N) is 1. The standard InChI is InChI=1S/C16H24N2O2/c1-12(2)10-15(18-8-6-17-7-9-18)14-11-13(20-3)4-5-16(14)19/h4-5,11,15,17,19H,1,6-10H2,2-3H3/t15-/m0/s1. The number of methoxy groups -OCH3 is 1. The minimum Gasteiger partial charge on any atom is -0.508 e. The summed E-state index contributed by atoms with van der Waals surface area (Å²) in [5.74, 6) is 1.11. The van der Waals surface area contributed by atoms with Gasteiger partial charge in [0.05, 0.1) is 7.11 Å². The lowest BCUT2D eigenvalue weighted by Crippen LogP contribution is -2.45. The molecule has 0 spiro atoms. The molecule has 1 aliphatic heterocycles. The molecule has 1 aromatic rings. The van der Waals surface area contributed by atoms with Gasteiger partial charge in [-0.3, -0.25) is 4.90 Å². The fraction of sp³-hybridized carbons (Fsp3) is 0.500. The Morgan fingerprint density at radius 2 is 2.15 bits per heavy atom. The summed E-state index contributed by atoms with van der Waals surface area (Å²) in [4.78, 5) is 2.40. The number of nitrogens with one attached hydrogen (secondary N) is 1. The van der Waals surface area contributed by atoms with Crippen molar-refractivity contribution < 1.29 is 9.84 Å². The van der Waals surface area contributed by atoms with Crippen LogP contribution in [0.5, 0.6) is 11.5 Å². The van der Waals surface area contributed by atoms with Crippen LogP contribution in [0, 0.1) is 0 Å². The Kier molecular flexibility index (Phi) is 5.04. The normalized spacial score (nSPS) is 17.7. The lowest BCUT2D eigenvalue weighted by Gasteiger charge is -2.35. The molecule has 0 aromatic heterocycles. The first-order valence-electron chi connectivity index (χ1n) is 7.08. The van der Waals surface area contributed by atoms with E-state index in [0.29, 0.717) is 5.75 Å². The molecule has 0 aliphatic carbocycles. The summed E-state index contributed by atoms with van der Waals surface area (Å²) in [7, 11) is 1.65. The number of phenolic OH excluding ortho intramolecular Hbond substituents is 1. The van der Waals surface area contributed by atoms with E-state index in [4.69, 9.17) is 4.74 Å². The number of phenols is 1. The van der Waals surface area contributed by atoms with Gasteiger partial charge >= 0.3 is 0 Å². The zero-order valence-electron chi connectivity index (χ0n) is 12.4. The number of rotatable bonds is 5. The van der Waals surface area contributed by atoms with Gasteiger partial charge in [0, 0.05) is 37.8 Å². The molecular formula is C16H24N2O2. The Morgan fingerprint density at radius 1 is 1.45 bits per heavy atom. The maximum Gasteiger partial charge on any atom is 0.120 e. The molecule has 2 N–H and O–H groups in total. The predicted molar refractivity (Wildman–Crippen MR) is 81.3 cm³/mol. The van der Waals surface area contributed by atoms with Gasteiger partial charge in [-0.2, -0.15) is 0 Å². The second-order valence-electron chi connectivity index (χ2n) is 5.39. The largest absolute Gasteiger partial charge is 0.508 e. The third-order valence-electron chi connectivity index (χ3n) is 3.73. The van der Waals surface area contributed by atoms with Crippen molar-refractivity contribution in [2.75, 3.05) is 33.3 Å². The highest BCUT2D eigenvalue weighted by Gasteiger charge is 2.24. The molecule has 2 rings (SSSR count). The Morgan fingerprint density at radius 3 is 2.75 bits per heavy atom. The number of ether oxygens (including phenoxy) is 1. The fourth-order valence-electron chi connectivity index (χ4n) is 2.69. The molecule has 1 atom stereocenters. The van der Waals surface area contributed by atoms with Crippen LogP contribution in [-0.4, -0.2) is 43.3 Å². The quantitative estimate of drug-likeness (QED) is 0.810. The first kappa shape index (κ1) is 14.9. The second-order valence-corrected chi connectivity index (χ2v) is 5.39. The Labute approximate surface area is 121 Å². The summed E-state index contributed by atoms with van der Waals surface area (Å²) in [6.45, 7) is 10.00. The van der Waals surface area contributed by atoms with Crippen LogP contribution in [0.2, 0.25) is 0 Å². The Bertz CT molecular complexity index is 468. The summed E-state index contributed by atoms with van der Waals surface area (Å²) in [6.07, 6.45) is 0.848. The van der Waals surface area contributed by atoms with Crippen LogP contribution in [0.1, 0.15) is 24.9 Å². The molecule has 20 heavy (non-hydrogen) atoms. The number of piperazine rings is 1. The Hall–Kier alpha value is -1.52. The van der Waals surface area contributed by atoms with Crippen molar-refractivity contribution in [2.24, 2.45) is 0 Å². The van der Waals surface area contributed by atoms with Crippen LogP contribution >= 0.6 is 0 Å². The molecule has 1 aliphatic rings. The highest BCUT2D eigenvalue weighted by atomic mass is 16.5. The molecular weight excluding hydrogens is 252 g/mol. The van der Waals surface area contributed by atoms with Crippen molar-refractivity contribution in [1.29, 1.82) is 0 Å². The van der Waals surface area contributed by atoms with Crippen molar-refractivity contribution in [3.05, 3.63) is 35.9 Å². The topological polar surface area (TPSA) is 44.7 Å². The van der Waals surface area contributed by atoms with E-state index in [1.807, 2.05) is 13.0 Å². The molecule has 4 nitrogen and oxygen atoms in total. The monoisotopic (exact) mass is 276 g/mol. The number of hydrogen-bond acceptors (Lipinski definition) is 4. The van der Waals surface area contributed by atoms with Gasteiger partial charge in [0.1, 0.15) is 11.5 Å². The number of aromatic hydroxyl groups is 1. The van der Waals surface area contributed by atoms with Crippen molar-refractivity contribution in [3.63, 3.8) is 0 Å². The van der Waals surface area contributed by atoms with Gasteiger partial charge in [0.2, 0.25) is 0 Å². The van der Waals surface area contributed by atoms with Crippen molar-refractivity contribution in [2.45, 2.75) is 19.4 Å². The van der Waals surface area contributed by atoms with Crippen molar-refractivity contribution >= 4 is 0 Å². The summed E-state index contributed by atoms with van der Waals surface area (Å²) >= 11 is 0. The minimum absolute atomic E-state index is 0.157. The zero-order valence-corrected chi connectivity index (χ0v) is 12.4. The molecule has 1 aromatic carbocycles. The van der Waals surface area contributed by atoms with E-state index in [-0.39, 0.29) is 6.04 Å². The predicted octanol–water partition coefficient (Wildman–Crippen LogP) is 2.31. The molecule has 1 heterocycles.